The molecule has 2 rings (SSSR count). The molecule has 1 heterocycles. The Bertz CT molecular complexity index is 484. The van der Waals surface area contributed by atoms with E-state index in [2.05, 4.69) is 15.3 Å². The number of nitrogens with one attached hydrogen (secondary N) is 1. The zero-order valence-corrected chi connectivity index (χ0v) is 14.5. The molecule has 0 bridgehead atoms. The van der Waals surface area contributed by atoms with Crippen molar-refractivity contribution in [1.29, 1.82) is 0 Å². The van der Waals surface area contributed by atoms with Crippen LogP contribution >= 0.6 is 24.0 Å². The minimum absolute atomic E-state index is 0. The van der Waals surface area contributed by atoms with Gasteiger partial charge in [0.05, 0.1) is 6.54 Å². The van der Waals surface area contributed by atoms with Gasteiger partial charge in [0.25, 0.3) is 6.43 Å². The topological polar surface area (TPSA) is 72.5 Å². The Balaban J connectivity index is 0.00000242. The molecule has 1 saturated carbocycles. The molecule has 3 N–H and O–H groups in total. The maximum absolute atomic E-state index is 12.1. The molecule has 0 unspecified atom stereocenters. The standard InChI is InChI=1S/C14H20F2N4O.HI/c15-12(16)9-21-13-6-11(4-5-18-13)8-20-14(17)19-7-10-2-1-3-10;/h4-6,10,12H,1-3,7-9H2,(H3,17,19,20);1H. The Labute approximate surface area is 145 Å². The van der Waals surface area contributed by atoms with Crippen molar-refractivity contribution in [3.05, 3.63) is 23.9 Å². The van der Waals surface area contributed by atoms with Crippen LogP contribution in [0.5, 0.6) is 5.88 Å². The van der Waals surface area contributed by atoms with Crippen LogP contribution < -0.4 is 15.8 Å². The summed E-state index contributed by atoms with van der Waals surface area (Å²) in [5.41, 5.74) is 6.59. The zero-order valence-electron chi connectivity index (χ0n) is 12.2. The van der Waals surface area contributed by atoms with Crippen LogP contribution in [-0.2, 0) is 6.54 Å². The number of rotatable bonds is 7. The predicted octanol–water partition coefficient (Wildman–Crippen LogP) is 2.55. The first-order valence-electron chi connectivity index (χ1n) is 7.03. The van der Waals surface area contributed by atoms with Gasteiger partial charge in [-0.2, -0.15) is 0 Å². The number of aliphatic imine (C=N–C) groups is 1. The molecule has 0 radical (unpaired) electrons. The van der Waals surface area contributed by atoms with Gasteiger partial charge in [0.1, 0.15) is 0 Å². The van der Waals surface area contributed by atoms with Crippen LogP contribution in [0.4, 0.5) is 8.78 Å². The van der Waals surface area contributed by atoms with Crippen LogP contribution in [0.3, 0.4) is 0 Å². The molecule has 1 aliphatic carbocycles. The van der Waals surface area contributed by atoms with Crippen molar-refractivity contribution in [3.8, 4) is 5.88 Å². The van der Waals surface area contributed by atoms with Crippen molar-refractivity contribution < 1.29 is 13.5 Å². The fourth-order valence-corrected chi connectivity index (χ4v) is 1.95. The van der Waals surface area contributed by atoms with Crippen LogP contribution in [0.2, 0.25) is 0 Å². The fraction of sp³-hybridized carbons (Fsp3) is 0.571. The third-order valence-electron chi connectivity index (χ3n) is 3.39. The van der Waals surface area contributed by atoms with Crippen molar-refractivity contribution in [3.63, 3.8) is 0 Å². The summed E-state index contributed by atoms with van der Waals surface area (Å²) in [6.45, 7) is 0.552. The van der Waals surface area contributed by atoms with E-state index in [0.717, 1.165) is 12.1 Å². The molecule has 0 saturated heterocycles. The van der Waals surface area contributed by atoms with Crippen LogP contribution in [0.25, 0.3) is 0 Å². The molecule has 0 amide bonds. The maximum Gasteiger partial charge on any atom is 0.272 e. The minimum atomic E-state index is -2.51. The number of guanidine groups is 1. The smallest absolute Gasteiger partial charge is 0.272 e. The van der Waals surface area contributed by atoms with Crippen LogP contribution in [0.1, 0.15) is 24.8 Å². The fourth-order valence-electron chi connectivity index (χ4n) is 1.95. The van der Waals surface area contributed by atoms with Crippen molar-refractivity contribution in [1.82, 2.24) is 10.3 Å². The van der Waals surface area contributed by atoms with Gasteiger partial charge in [-0.1, -0.05) is 6.42 Å². The molecule has 1 fully saturated rings. The molecular formula is C14H21F2IN4O. The Morgan fingerprint density at radius 1 is 1.50 bits per heavy atom. The van der Waals surface area contributed by atoms with Gasteiger partial charge in [-0.05, 0) is 30.4 Å². The summed E-state index contributed by atoms with van der Waals surface area (Å²) in [4.78, 5) is 8.08. The van der Waals surface area contributed by atoms with E-state index in [0.29, 0.717) is 18.4 Å². The zero-order chi connectivity index (χ0) is 15.1. The van der Waals surface area contributed by atoms with E-state index < -0.39 is 13.0 Å². The number of halogens is 3. The van der Waals surface area contributed by atoms with Gasteiger partial charge in [0, 0.05) is 18.8 Å². The lowest BCUT2D eigenvalue weighted by Crippen LogP contribution is -2.37. The first-order valence-corrected chi connectivity index (χ1v) is 7.03. The summed E-state index contributed by atoms with van der Waals surface area (Å²) in [6.07, 6.45) is 2.77. The van der Waals surface area contributed by atoms with Gasteiger partial charge in [-0.15, -0.1) is 24.0 Å². The lowest BCUT2D eigenvalue weighted by Gasteiger charge is -2.25. The van der Waals surface area contributed by atoms with E-state index in [1.807, 2.05) is 0 Å². The lowest BCUT2D eigenvalue weighted by atomic mass is 9.85. The largest absolute Gasteiger partial charge is 0.472 e. The quantitative estimate of drug-likeness (QED) is 0.400. The molecule has 1 aromatic rings. The highest BCUT2D eigenvalue weighted by Crippen LogP contribution is 2.24. The molecule has 0 atom stereocenters. The molecule has 22 heavy (non-hydrogen) atoms. The van der Waals surface area contributed by atoms with E-state index in [9.17, 15) is 8.78 Å². The Hall–Kier alpha value is -1.19. The minimum Gasteiger partial charge on any atom is -0.472 e. The normalized spacial score (nSPS) is 15.1. The number of ether oxygens (including phenoxy) is 1. The molecule has 0 aliphatic heterocycles. The SMILES string of the molecule is I.NC(=NCc1ccnc(OCC(F)F)c1)NCC1CCC1. The van der Waals surface area contributed by atoms with Crippen LogP contribution in [-0.4, -0.2) is 30.5 Å². The summed E-state index contributed by atoms with van der Waals surface area (Å²) in [6, 6.07) is 3.34. The number of alkyl halides is 2. The number of hydrogen-bond acceptors (Lipinski definition) is 3. The molecular weight excluding hydrogens is 405 g/mol. The molecule has 1 aromatic heterocycles. The number of hydrogen-bond donors (Lipinski definition) is 2. The number of aromatic nitrogens is 1. The van der Waals surface area contributed by atoms with Crippen LogP contribution in [0, 0.1) is 5.92 Å². The maximum atomic E-state index is 12.1. The monoisotopic (exact) mass is 426 g/mol. The van der Waals surface area contributed by atoms with E-state index in [-0.39, 0.29) is 29.9 Å². The van der Waals surface area contributed by atoms with E-state index in [1.165, 1.54) is 25.5 Å². The van der Waals surface area contributed by atoms with Gasteiger partial charge in [-0.3, -0.25) is 0 Å². The van der Waals surface area contributed by atoms with Gasteiger partial charge < -0.3 is 15.8 Å². The first-order chi connectivity index (χ1) is 10.1. The summed E-state index contributed by atoms with van der Waals surface area (Å²) < 4.78 is 29.0. The van der Waals surface area contributed by atoms with Gasteiger partial charge in [0.15, 0.2) is 12.6 Å². The van der Waals surface area contributed by atoms with Crippen molar-refractivity contribution in [2.75, 3.05) is 13.2 Å². The van der Waals surface area contributed by atoms with Crippen molar-refractivity contribution in [2.45, 2.75) is 32.2 Å². The van der Waals surface area contributed by atoms with Gasteiger partial charge in [0.2, 0.25) is 5.88 Å². The number of pyridine rings is 1. The van der Waals surface area contributed by atoms with Crippen molar-refractivity contribution in [2.24, 2.45) is 16.6 Å². The number of nitrogens with two attached hydrogens (primary N) is 1. The second-order valence-electron chi connectivity index (χ2n) is 5.08. The Kier molecular flexibility index (Phi) is 8.36. The highest BCUT2D eigenvalue weighted by atomic mass is 127. The Morgan fingerprint density at radius 2 is 2.27 bits per heavy atom. The second kappa shape index (κ2) is 9.75. The van der Waals surface area contributed by atoms with E-state index >= 15 is 0 Å². The molecule has 0 aromatic carbocycles. The highest BCUT2D eigenvalue weighted by Gasteiger charge is 2.16. The Morgan fingerprint density at radius 3 is 2.91 bits per heavy atom. The molecule has 0 spiro atoms. The summed E-state index contributed by atoms with van der Waals surface area (Å²) in [5, 5.41) is 3.09. The first kappa shape index (κ1) is 18.9. The third-order valence-corrected chi connectivity index (χ3v) is 3.39. The predicted molar refractivity (Wildman–Crippen MR) is 91.8 cm³/mol. The summed E-state index contributed by atoms with van der Waals surface area (Å²) in [7, 11) is 0. The lowest BCUT2D eigenvalue weighted by molar-refractivity contribution is 0.0795. The van der Waals surface area contributed by atoms with E-state index in [4.69, 9.17) is 10.5 Å². The average Bonchev–Trinajstić information content (AvgIpc) is 2.42. The van der Waals surface area contributed by atoms with Gasteiger partial charge >= 0.3 is 0 Å². The average molecular weight is 426 g/mol. The highest BCUT2D eigenvalue weighted by molar-refractivity contribution is 14.0. The number of nitrogens with zero attached hydrogens (tertiary/aromatic N) is 2. The van der Waals surface area contributed by atoms with Gasteiger partial charge in [-0.25, -0.2) is 18.8 Å². The van der Waals surface area contributed by atoms with Crippen LogP contribution in [0.15, 0.2) is 23.3 Å². The molecule has 8 heteroatoms. The summed E-state index contributed by atoms with van der Waals surface area (Å²) in [5.74, 6) is 1.27. The molecule has 124 valence electrons. The molecule has 1 aliphatic rings. The van der Waals surface area contributed by atoms with Crippen molar-refractivity contribution >= 4 is 29.9 Å². The van der Waals surface area contributed by atoms with E-state index in [1.54, 1.807) is 12.1 Å². The third kappa shape index (κ3) is 6.71. The summed E-state index contributed by atoms with van der Waals surface area (Å²) >= 11 is 0. The molecule has 5 nitrogen and oxygen atoms in total. The second-order valence-corrected chi connectivity index (χ2v) is 5.08.